The number of aliphatic hydroxyl groups is 6. The topological polar surface area (TPSA) is 417 Å². The third-order valence-electron chi connectivity index (χ3n) is 28.0. The van der Waals surface area contributed by atoms with Crippen LogP contribution in [0.15, 0.2) is 150 Å². The highest BCUT2D eigenvalue weighted by molar-refractivity contribution is 6.39. The number of fused-ring (bicyclic) bond motifs is 8. The second-order valence-electron chi connectivity index (χ2n) is 36.9. The number of amides is 2. The Morgan fingerprint density at radius 2 is 1.35 bits per heavy atom. The molecule has 6 fully saturated rings. The number of ketones is 4. The van der Waals surface area contributed by atoms with Crippen molar-refractivity contribution in [2.75, 3.05) is 34.5 Å². The number of piperidine rings is 1. The summed E-state index contributed by atoms with van der Waals surface area (Å²) in [5.74, 6) is -14.8. The lowest BCUT2D eigenvalue weighted by atomic mass is 9.44. The summed E-state index contributed by atoms with van der Waals surface area (Å²) in [5.41, 5.74) is -5.75. The van der Waals surface area contributed by atoms with Crippen LogP contribution in [0, 0.1) is 52.3 Å². The van der Waals surface area contributed by atoms with Crippen LogP contribution in [0.1, 0.15) is 212 Å². The highest BCUT2D eigenvalue weighted by atomic mass is 16.6. The van der Waals surface area contributed by atoms with Crippen molar-refractivity contribution >= 4 is 64.8 Å². The molecule has 3 aromatic rings. The number of aliphatic hydroxyl groups excluding tert-OH is 4. The summed E-state index contributed by atoms with van der Waals surface area (Å²) in [7, 11) is 4.52. The zero-order valence-corrected chi connectivity index (χ0v) is 75.8. The van der Waals surface area contributed by atoms with Crippen molar-refractivity contribution in [1.29, 1.82) is 0 Å². The number of Topliss-reactive ketones (excluding diaryl/α,β-unsaturated/α-hetero) is 4. The largest absolute Gasteiger partial charge is 0.460 e. The number of carbonyl (C=O) groups is 11. The number of rotatable bonds is 16. The normalized spacial score (nSPS) is 35.6. The SMILES string of the molecule is CC(=O)O[C@H]1C(=O)[C@@]2(C)[C@H]([C@H](OC(=O)c3ccccc3)[C@]3(O)C[C@H](OC(=O)[C@H](O)[C@@H](NC(=O)c4ccccc4)c4ccccc4)C(C)=C1C3(C)C)[C@]1(OC(C)=O)CO[C@@H]1C[C@@H]2O.CO[C@H]1C[C@@H]2CC[C@@H](C)[C@@](O)(O2)C(=O)C(=O)N2CCCC[C@H]2C(=O)O[C@H]([C@H](C)C[C@@H]2CC[C@@H](O)[C@H](OC)C2)CC(=O)[C@H](C)/C=C(\C)[C@@H](O)[C@@H](OC)C(=O)[C@H](C)C[C@H](C)/C=C/C=CC=C1C. The Morgan fingerprint density at radius 1 is 0.701 bits per heavy atom. The number of benzene rings is 3. The fourth-order valence-corrected chi connectivity index (χ4v) is 20.3. The van der Waals surface area contributed by atoms with E-state index < -0.39 is 196 Å². The number of nitrogens with one attached hydrogen (secondary N) is 1. The molecule has 4 heterocycles. The Labute approximate surface area is 743 Å². The summed E-state index contributed by atoms with van der Waals surface area (Å²) in [4.78, 5) is 155. The monoisotopic (exact) mass is 1770 g/mol. The first-order valence-corrected chi connectivity index (χ1v) is 44.4. The maximum Gasteiger partial charge on any atom is 0.338 e. The second kappa shape index (κ2) is 42.6. The van der Waals surface area contributed by atoms with Crippen molar-refractivity contribution in [3.05, 3.63) is 166 Å². The third kappa shape index (κ3) is 21.8. The zero-order valence-electron chi connectivity index (χ0n) is 75.8. The number of nitrogens with zero attached hydrogens (tertiary/aromatic N) is 1. The number of methoxy groups -OCH3 is 3. The Kier molecular flexibility index (Phi) is 33.6. The van der Waals surface area contributed by atoms with Gasteiger partial charge in [-0.2, -0.15) is 0 Å². The fraction of sp³-hybridized carbons (Fsp3) is 0.602. The van der Waals surface area contributed by atoms with E-state index in [4.69, 9.17) is 47.4 Å². The number of cyclic esters (lactones) is 1. The molecule has 2 amide bonds. The molecule has 29 nitrogen and oxygen atoms in total. The van der Waals surface area contributed by atoms with E-state index in [1.165, 1.54) is 38.0 Å². The van der Waals surface area contributed by atoms with Gasteiger partial charge in [0, 0.05) is 96.1 Å². The summed E-state index contributed by atoms with van der Waals surface area (Å²) in [5, 5.41) is 74.1. The van der Waals surface area contributed by atoms with Gasteiger partial charge in [-0.05, 0) is 162 Å². The van der Waals surface area contributed by atoms with Gasteiger partial charge in [-0.15, -0.1) is 0 Å². The van der Waals surface area contributed by atoms with E-state index in [-0.39, 0.29) is 90.1 Å². The van der Waals surface area contributed by atoms with Crippen LogP contribution in [0.25, 0.3) is 0 Å². The molecule has 3 saturated carbocycles. The van der Waals surface area contributed by atoms with E-state index >= 15 is 4.79 Å². The van der Waals surface area contributed by atoms with Gasteiger partial charge < -0.3 is 88.2 Å². The smallest absolute Gasteiger partial charge is 0.338 e. The molecule has 4 aliphatic carbocycles. The molecule has 8 aliphatic rings. The molecule has 3 saturated heterocycles. The maximum atomic E-state index is 15.5. The average Bonchev–Trinajstić information content (AvgIpc) is 0.666. The number of carbonyl (C=O) groups excluding carboxylic acids is 11. The van der Waals surface area contributed by atoms with E-state index in [2.05, 4.69) is 5.32 Å². The van der Waals surface area contributed by atoms with Gasteiger partial charge in [0.25, 0.3) is 17.6 Å². The Bertz CT molecular complexity index is 4600. The summed E-state index contributed by atoms with van der Waals surface area (Å²) in [6.45, 7) is 20.7. The average molecular weight is 1770 g/mol. The molecule has 7 N–H and O–H groups in total. The number of esters is 5. The molecule has 694 valence electrons. The van der Waals surface area contributed by atoms with Crippen molar-refractivity contribution in [3.8, 4) is 0 Å². The summed E-state index contributed by atoms with van der Waals surface area (Å²) >= 11 is 0. The molecule has 0 radical (unpaired) electrons. The molecule has 127 heavy (non-hydrogen) atoms. The van der Waals surface area contributed by atoms with Crippen LogP contribution in [0.4, 0.5) is 0 Å². The summed E-state index contributed by atoms with van der Waals surface area (Å²) in [6, 6.07) is 21.8. The van der Waals surface area contributed by atoms with Crippen molar-refractivity contribution in [3.63, 3.8) is 0 Å². The van der Waals surface area contributed by atoms with Gasteiger partial charge in [0.15, 0.2) is 29.4 Å². The predicted octanol–water partition coefficient (Wildman–Crippen LogP) is 9.92. The predicted molar refractivity (Wildman–Crippen MR) is 463 cm³/mol. The van der Waals surface area contributed by atoms with Crippen molar-refractivity contribution < 1.29 is 131 Å². The minimum Gasteiger partial charge on any atom is -0.460 e. The molecule has 29 heteroatoms. The molecular formula is C98H130N2O27. The summed E-state index contributed by atoms with van der Waals surface area (Å²) < 4.78 is 59.6. The maximum absolute atomic E-state index is 15.5. The van der Waals surface area contributed by atoms with E-state index in [1.807, 2.05) is 58.1 Å². The van der Waals surface area contributed by atoms with E-state index in [1.54, 1.807) is 134 Å². The van der Waals surface area contributed by atoms with Crippen LogP contribution in [0.5, 0.6) is 0 Å². The van der Waals surface area contributed by atoms with Gasteiger partial charge in [0.05, 0.1) is 60.1 Å². The highest BCUT2D eigenvalue weighted by Crippen LogP contribution is 2.65. The molecule has 11 rings (SSSR count). The molecule has 3 aromatic carbocycles. The van der Waals surface area contributed by atoms with Gasteiger partial charge in [-0.1, -0.05) is 152 Å². The highest BCUT2D eigenvalue weighted by Gasteiger charge is 2.78. The fourth-order valence-electron chi connectivity index (χ4n) is 20.3. The number of hydrogen-bond donors (Lipinski definition) is 7. The number of ether oxygens (including phenoxy) is 10. The zero-order chi connectivity index (χ0) is 93.1. The first kappa shape index (κ1) is 100. The molecule has 0 aromatic heterocycles. The van der Waals surface area contributed by atoms with Gasteiger partial charge in [0.1, 0.15) is 54.0 Å². The molecule has 4 bridgehead atoms. The van der Waals surface area contributed by atoms with Gasteiger partial charge in [-0.25, -0.2) is 14.4 Å². The van der Waals surface area contributed by atoms with Crippen molar-refractivity contribution in [2.45, 2.75) is 288 Å². The van der Waals surface area contributed by atoms with E-state index in [0.29, 0.717) is 68.9 Å². The third-order valence-corrected chi connectivity index (χ3v) is 28.0. The first-order chi connectivity index (χ1) is 60.0. The van der Waals surface area contributed by atoms with E-state index in [0.717, 1.165) is 25.8 Å². The van der Waals surface area contributed by atoms with Crippen LogP contribution in [-0.4, -0.2) is 237 Å². The lowest BCUT2D eigenvalue weighted by Crippen LogP contribution is -2.82. The Morgan fingerprint density at radius 3 is 1.97 bits per heavy atom. The molecular weight excluding hydrogens is 1640 g/mol. The minimum atomic E-state index is -2.43. The van der Waals surface area contributed by atoms with Gasteiger partial charge in [-0.3, -0.25) is 38.4 Å². The van der Waals surface area contributed by atoms with Crippen molar-refractivity contribution in [2.24, 2.45) is 52.3 Å². The molecule has 26 atom stereocenters. The minimum absolute atomic E-state index is 0.00289. The molecule has 0 unspecified atom stereocenters. The Balaban J connectivity index is 0.000000265. The van der Waals surface area contributed by atoms with Crippen LogP contribution < -0.4 is 5.32 Å². The molecule has 0 spiro atoms. The van der Waals surface area contributed by atoms with Crippen LogP contribution in [-0.2, 0) is 90.5 Å². The number of hydrogen-bond acceptors (Lipinski definition) is 27. The quantitative estimate of drug-likeness (QED) is 0.0303. The van der Waals surface area contributed by atoms with Gasteiger partial charge >= 0.3 is 29.8 Å². The lowest BCUT2D eigenvalue weighted by molar-refractivity contribution is -0.346. The molecule has 4 aliphatic heterocycles. The second-order valence-corrected chi connectivity index (χ2v) is 36.9. The van der Waals surface area contributed by atoms with Gasteiger partial charge in [0.2, 0.25) is 5.79 Å². The van der Waals surface area contributed by atoms with Crippen LogP contribution >= 0.6 is 0 Å². The van der Waals surface area contributed by atoms with Crippen molar-refractivity contribution in [1.82, 2.24) is 10.2 Å². The Hall–Kier alpha value is -9.11. The van der Waals surface area contributed by atoms with Crippen LogP contribution in [0.3, 0.4) is 0 Å². The summed E-state index contributed by atoms with van der Waals surface area (Å²) in [6.07, 6.45) is 0.672. The first-order valence-electron chi connectivity index (χ1n) is 44.4. The number of allylic oxidation sites excluding steroid dienone is 6. The standard InChI is InChI=1S/C51H79NO13.C47H51NO14/c1-30-16-12-11-13-17-31(2)42(61-8)28-38-21-19-36(7)51(60,65-38)48(57)49(58)52-23-15-14-18-39(52)50(59)64-43(33(4)26-37-20-22-40(53)44(27-37)62-9)29-41(54)32(3)25-35(6)46(56)47(63-10)45(55)34(5)24-30;1-25-31(60-43(56)36(52)35(28-16-10-7-11-17-28)48-41(54)29-18-12-8-13-19-29)23-47(57)40(61-42(55)30-20-14-9-15-21-30)38-45(6,32(51)22-33-46(38,24-58-33)62-27(3)50)39(53)37(59-26(2)49)34(25)44(47,4)5/h11-13,16-17,25,30,32-34,36-40,42-44,46-47,53,56,60H,14-15,18-24,26-29H2,1-10H3;7-21,31-33,35-38,40,51-52,57H,22-24H2,1-6H3,(H,48,54)/b13-11?,16-12+,31-17?,35-25+;/t30-,32-,33-,34-,36-,37+,38+,39+,40-,42+,43+,44-,46-,47+,51-;31-,32-,33+,35-,36+,37+,38-,40-,45+,46-,47+/m10/s1. The van der Waals surface area contributed by atoms with E-state index in [9.17, 15) is 78.6 Å². The van der Waals surface area contributed by atoms with Crippen LogP contribution in [0.2, 0.25) is 0 Å². The lowest BCUT2D eigenvalue weighted by Gasteiger charge is -2.67.